The second-order valence-corrected chi connectivity index (χ2v) is 3.77. The molecule has 0 spiro atoms. The van der Waals surface area contributed by atoms with Gasteiger partial charge in [-0.25, -0.2) is 4.79 Å². The van der Waals surface area contributed by atoms with Crippen LogP contribution in [0.15, 0.2) is 63.8 Å². The molecule has 0 saturated carbocycles. The van der Waals surface area contributed by atoms with Crippen LogP contribution in [0.2, 0.25) is 0 Å². The molecule has 3 rings (SSSR count). The third kappa shape index (κ3) is 1.74. The van der Waals surface area contributed by atoms with Crippen LogP contribution < -0.4 is 5.63 Å². The Hall–Kier alpha value is -2.35. The summed E-state index contributed by atoms with van der Waals surface area (Å²) in [6.45, 7) is 0. The van der Waals surface area contributed by atoms with Crippen LogP contribution >= 0.6 is 0 Å². The van der Waals surface area contributed by atoms with Crippen LogP contribution in [0.3, 0.4) is 0 Å². The Bertz CT molecular complexity index is 712. The molecule has 1 heterocycles. The summed E-state index contributed by atoms with van der Waals surface area (Å²) in [5, 5.41) is 0.881. The molecule has 2 aromatic carbocycles. The lowest BCUT2D eigenvalue weighted by atomic mass is 10.1. The molecule has 17 heavy (non-hydrogen) atoms. The summed E-state index contributed by atoms with van der Waals surface area (Å²) in [5.41, 5.74) is 1.62. The minimum atomic E-state index is -0.328. The van der Waals surface area contributed by atoms with Crippen LogP contribution in [-0.4, -0.2) is 0 Å². The van der Waals surface area contributed by atoms with Crippen molar-refractivity contribution in [3.8, 4) is 11.1 Å². The van der Waals surface area contributed by atoms with Gasteiger partial charge < -0.3 is 4.42 Å². The Kier molecular flexibility index (Phi) is 2.26. The zero-order valence-corrected chi connectivity index (χ0v) is 9.01. The summed E-state index contributed by atoms with van der Waals surface area (Å²) in [6, 6.07) is 19.8. The van der Waals surface area contributed by atoms with Gasteiger partial charge in [0.2, 0.25) is 0 Å². The Balaban J connectivity index is 2.31. The minimum Gasteiger partial charge on any atom is -0.422 e. The summed E-state index contributed by atoms with van der Waals surface area (Å²) in [4.78, 5) is 11.8. The van der Waals surface area contributed by atoms with Gasteiger partial charge in [0.05, 0.1) is 5.56 Å². The van der Waals surface area contributed by atoms with E-state index in [4.69, 9.17) is 4.42 Å². The van der Waals surface area contributed by atoms with E-state index in [0.29, 0.717) is 11.1 Å². The molecule has 2 heteroatoms. The van der Waals surface area contributed by atoms with Gasteiger partial charge in [0.15, 0.2) is 0 Å². The summed E-state index contributed by atoms with van der Waals surface area (Å²) in [7, 11) is 0. The normalized spacial score (nSPS) is 10.6. The van der Waals surface area contributed by atoms with Gasteiger partial charge in [-0.3, -0.25) is 0 Å². The lowest BCUT2D eigenvalue weighted by molar-refractivity contribution is 0.563. The van der Waals surface area contributed by atoms with Crippen molar-refractivity contribution >= 4 is 11.0 Å². The zero-order chi connectivity index (χ0) is 11.7. The minimum absolute atomic E-state index is 0.328. The number of hydrogen-bond donors (Lipinski definition) is 0. The molecule has 0 aliphatic rings. The molecule has 1 radical (unpaired) electrons. The molecule has 0 amide bonds. The number of rotatable bonds is 1. The van der Waals surface area contributed by atoms with Gasteiger partial charge in [-0.05, 0) is 11.6 Å². The molecule has 0 saturated heterocycles. The van der Waals surface area contributed by atoms with E-state index in [2.05, 4.69) is 6.07 Å². The van der Waals surface area contributed by atoms with Crippen LogP contribution in [-0.2, 0) is 0 Å². The summed E-state index contributed by atoms with van der Waals surface area (Å²) in [6.07, 6.45) is 0. The molecular weight excluding hydrogens is 212 g/mol. The lowest BCUT2D eigenvalue weighted by Crippen LogP contribution is -2.02. The summed E-state index contributed by atoms with van der Waals surface area (Å²) < 4.78 is 5.24. The van der Waals surface area contributed by atoms with Gasteiger partial charge in [0, 0.05) is 11.5 Å². The molecule has 2 nitrogen and oxygen atoms in total. The van der Waals surface area contributed by atoms with Gasteiger partial charge in [-0.1, -0.05) is 48.5 Å². The van der Waals surface area contributed by atoms with Crippen molar-refractivity contribution < 1.29 is 4.42 Å². The topological polar surface area (TPSA) is 30.2 Å². The predicted molar refractivity (Wildman–Crippen MR) is 66.8 cm³/mol. The van der Waals surface area contributed by atoms with E-state index in [1.807, 2.05) is 48.5 Å². The fourth-order valence-electron chi connectivity index (χ4n) is 1.82. The maximum Gasteiger partial charge on any atom is 0.344 e. The largest absolute Gasteiger partial charge is 0.422 e. The molecule has 0 bridgehead atoms. The van der Waals surface area contributed by atoms with Crippen molar-refractivity contribution in [1.82, 2.24) is 0 Å². The fourth-order valence-corrected chi connectivity index (χ4v) is 1.82. The maximum atomic E-state index is 11.8. The Morgan fingerprint density at radius 3 is 2.65 bits per heavy atom. The first-order chi connectivity index (χ1) is 8.34. The highest BCUT2D eigenvalue weighted by Gasteiger charge is 2.06. The molecule has 0 aliphatic carbocycles. The number of para-hydroxylation sites is 1. The molecule has 81 valence electrons. The third-order valence-electron chi connectivity index (χ3n) is 2.65. The summed E-state index contributed by atoms with van der Waals surface area (Å²) in [5.74, 6) is 0. The predicted octanol–water partition coefficient (Wildman–Crippen LogP) is 3.26. The average Bonchev–Trinajstić information content (AvgIpc) is 2.39. The first kappa shape index (κ1) is 9.85. The highest BCUT2D eigenvalue weighted by Crippen LogP contribution is 2.19. The molecule has 3 aromatic rings. The monoisotopic (exact) mass is 221 g/mol. The Labute approximate surface area is 98.1 Å². The quantitative estimate of drug-likeness (QED) is 0.590. The van der Waals surface area contributed by atoms with E-state index in [1.165, 1.54) is 0 Å². The van der Waals surface area contributed by atoms with Crippen molar-refractivity contribution in [3.63, 3.8) is 0 Å². The first-order valence-electron chi connectivity index (χ1n) is 5.34. The molecule has 0 N–H and O–H groups in total. The van der Waals surface area contributed by atoms with Crippen LogP contribution in [0.4, 0.5) is 0 Å². The standard InChI is InChI=1S/C15H9O2/c16-15-13(11-6-2-1-3-7-11)10-12-8-4-5-9-14(12)17-15/h1-8,10H. The van der Waals surface area contributed by atoms with Gasteiger partial charge in [-0.2, -0.15) is 0 Å². The number of hydrogen-bond acceptors (Lipinski definition) is 2. The van der Waals surface area contributed by atoms with Crippen LogP contribution in [0, 0.1) is 6.07 Å². The number of benzene rings is 2. The smallest absolute Gasteiger partial charge is 0.344 e. The van der Waals surface area contributed by atoms with Crippen molar-refractivity contribution in [2.24, 2.45) is 0 Å². The first-order valence-corrected chi connectivity index (χ1v) is 5.34. The second-order valence-electron chi connectivity index (χ2n) is 3.77. The van der Waals surface area contributed by atoms with E-state index in [-0.39, 0.29) is 5.63 Å². The second kappa shape index (κ2) is 3.91. The Morgan fingerprint density at radius 1 is 1.00 bits per heavy atom. The van der Waals surface area contributed by atoms with Gasteiger partial charge >= 0.3 is 5.63 Å². The van der Waals surface area contributed by atoms with E-state index in [0.717, 1.165) is 10.9 Å². The average molecular weight is 221 g/mol. The lowest BCUT2D eigenvalue weighted by Gasteiger charge is -2.01. The molecular formula is C15H9O2. The highest BCUT2D eigenvalue weighted by molar-refractivity contribution is 5.81. The van der Waals surface area contributed by atoms with Gasteiger partial charge in [0.25, 0.3) is 0 Å². The van der Waals surface area contributed by atoms with Gasteiger partial charge in [0.1, 0.15) is 5.58 Å². The van der Waals surface area contributed by atoms with E-state index >= 15 is 0 Å². The Morgan fingerprint density at radius 2 is 1.82 bits per heavy atom. The molecule has 0 unspecified atom stereocenters. The number of fused-ring (bicyclic) bond motifs is 1. The van der Waals surface area contributed by atoms with Crippen molar-refractivity contribution in [2.75, 3.05) is 0 Å². The fraction of sp³-hybridized carbons (Fsp3) is 0. The molecule has 1 aromatic heterocycles. The molecule has 0 aliphatic heterocycles. The van der Waals surface area contributed by atoms with Crippen molar-refractivity contribution in [3.05, 3.63) is 71.1 Å². The van der Waals surface area contributed by atoms with Crippen molar-refractivity contribution in [1.29, 1.82) is 0 Å². The van der Waals surface area contributed by atoms with Crippen molar-refractivity contribution in [2.45, 2.75) is 0 Å². The van der Waals surface area contributed by atoms with Gasteiger partial charge in [-0.15, -0.1) is 0 Å². The third-order valence-corrected chi connectivity index (χ3v) is 2.65. The maximum absolute atomic E-state index is 11.8. The van der Waals surface area contributed by atoms with E-state index in [9.17, 15) is 4.79 Å². The zero-order valence-electron chi connectivity index (χ0n) is 9.01. The van der Waals surface area contributed by atoms with E-state index < -0.39 is 0 Å². The molecule has 0 atom stereocenters. The van der Waals surface area contributed by atoms with Crippen LogP contribution in [0.1, 0.15) is 0 Å². The van der Waals surface area contributed by atoms with E-state index in [1.54, 1.807) is 6.07 Å². The van der Waals surface area contributed by atoms with Crippen LogP contribution in [0.25, 0.3) is 22.1 Å². The SMILES string of the molecule is O=c1oc2[c]cccc2cc1-c1ccccc1. The highest BCUT2D eigenvalue weighted by atomic mass is 16.4. The van der Waals surface area contributed by atoms with Crippen LogP contribution in [0.5, 0.6) is 0 Å². The summed E-state index contributed by atoms with van der Waals surface area (Å²) >= 11 is 0. The molecule has 0 fully saturated rings.